The molecule has 0 bridgehead atoms. The molecule has 1 aromatic heterocycles. The van der Waals surface area contributed by atoms with E-state index in [0.717, 1.165) is 0 Å². The molecule has 1 aromatic rings. The van der Waals surface area contributed by atoms with Crippen LogP contribution in [0.1, 0.15) is 32.4 Å². The fourth-order valence-corrected chi connectivity index (χ4v) is 2.43. The Hall–Kier alpha value is -0.810. The van der Waals surface area contributed by atoms with Crippen LogP contribution in [0.2, 0.25) is 0 Å². The van der Waals surface area contributed by atoms with Gasteiger partial charge >= 0.3 is 0 Å². The molecule has 0 amide bonds. The molecule has 0 aromatic carbocycles. The van der Waals surface area contributed by atoms with Gasteiger partial charge in [0.15, 0.2) is 9.84 Å². The molecule has 1 N–H and O–H groups in total. The molecule has 98 valence electrons. The SMILES string of the molecule is CNC(C)c1ccn(CCS(=O)(=O)C(C)C)c1. The van der Waals surface area contributed by atoms with Gasteiger partial charge in [-0.2, -0.15) is 0 Å². The minimum atomic E-state index is -2.95. The summed E-state index contributed by atoms with van der Waals surface area (Å²) in [6.07, 6.45) is 3.93. The van der Waals surface area contributed by atoms with E-state index in [1.165, 1.54) is 5.56 Å². The maximum Gasteiger partial charge on any atom is 0.154 e. The van der Waals surface area contributed by atoms with Gasteiger partial charge in [0.2, 0.25) is 0 Å². The van der Waals surface area contributed by atoms with Crippen LogP contribution in [0.4, 0.5) is 0 Å². The van der Waals surface area contributed by atoms with Crippen molar-refractivity contribution in [2.45, 2.75) is 38.6 Å². The van der Waals surface area contributed by atoms with Crippen LogP contribution in [0.5, 0.6) is 0 Å². The van der Waals surface area contributed by atoms with E-state index in [-0.39, 0.29) is 17.0 Å². The van der Waals surface area contributed by atoms with Crippen molar-refractivity contribution in [3.63, 3.8) is 0 Å². The lowest BCUT2D eigenvalue weighted by atomic mass is 10.2. The first kappa shape index (κ1) is 14.3. The molecule has 0 aliphatic rings. The number of hydrogen-bond donors (Lipinski definition) is 1. The number of sulfone groups is 1. The first-order valence-corrected chi connectivity index (χ1v) is 7.63. The van der Waals surface area contributed by atoms with Crippen molar-refractivity contribution in [3.05, 3.63) is 24.0 Å². The molecule has 0 saturated carbocycles. The lowest BCUT2D eigenvalue weighted by Crippen LogP contribution is -2.20. The second-order valence-corrected chi connectivity index (χ2v) is 7.29. The molecule has 0 radical (unpaired) electrons. The molecular weight excluding hydrogens is 236 g/mol. The van der Waals surface area contributed by atoms with E-state index in [1.54, 1.807) is 13.8 Å². The molecule has 0 spiro atoms. The number of rotatable bonds is 6. The van der Waals surface area contributed by atoms with E-state index in [0.29, 0.717) is 6.54 Å². The number of nitrogens with zero attached hydrogens (tertiary/aromatic N) is 1. The topological polar surface area (TPSA) is 51.1 Å². The number of hydrogen-bond acceptors (Lipinski definition) is 3. The van der Waals surface area contributed by atoms with Crippen LogP contribution in [0, 0.1) is 0 Å². The zero-order valence-corrected chi connectivity index (χ0v) is 11.8. The highest BCUT2D eigenvalue weighted by Crippen LogP contribution is 2.12. The Labute approximate surface area is 104 Å². The quantitative estimate of drug-likeness (QED) is 0.843. The average Bonchev–Trinajstić information content (AvgIpc) is 2.74. The summed E-state index contributed by atoms with van der Waals surface area (Å²) in [6, 6.07) is 2.31. The van der Waals surface area contributed by atoms with Gasteiger partial charge in [0.25, 0.3) is 0 Å². The van der Waals surface area contributed by atoms with Gasteiger partial charge in [-0.25, -0.2) is 8.42 Å². The summed E-state index contributed by atoms with van der Waals surface area (Å²) in [4.78, 5) is 0. The summed E-state index contributed by atoms with van der Waals surface area (Å²) in [6.45, 7) is 6.04. The van der Waals surface area contributed by atoms with Crippen LogP contribution < -0.4 is 5.32 Å². The van der Waals surface area contributed by atoms with E-state index >= 15 is 0 Å². The third kappa shape index (κ3) is 3.85. The van der Waals surface area contributed by atoms with Gasteiger partial charge < -0.3 is 9.88 Å². The Morgan fingerprint density at radius 1 is 1.35 bits per heavy atom. The maximum absolute atomic E-state index is 11.7. The number of nitrogens with one attached hydrogen (secondary N) is 1. The van der Waals surface area contributed by atoms with Crippen molar-refractivity contribution in [3.8, 4) is 0 Å². The molecule has 17 heavy (non-hydrogen) atoms. The highest BCUT2D eigenvalue weighted by atomic mass is 32.2. The molecule has 1 atom stereocenters. The molecule has 0 saturated heterocycles. The average molecular weight is 258 g/mol. The van der Waals surface area contributed by atoms with E-state index in [2.05, 4.69) is 12.2 Å². The van der Waals surface area contributed by atoms with Gasteiger partial charge in [-0.15, -0.1) is 0 Å². The van der Waals surface area contributed by atoms with Crippen molar-refractivity contribution in [1.82, 2.24) is 9.88 Å². The normalized spacial score (nSPS) is 14.2. The first-order chi connectivity index (χ1) is 7.86. The third-order valence-electron chi connectivity index (χ3n) is 3.06. The van der Waals surface area contributed by atoms with Crippen LogP contribution in [-0.4, -0.2) is 31.0 Å². The Morgan fingerprint density at radius 3 is 2.53 bits per heavy atom. The van der Waals surface area contributed by atoms with Crippen LogP contribution in [0.3, 0.4) is 0 Å². The van der Waals surface area contributed by atoms with Gasteiger partial charge in [-0.3, -0.25) is 0 Å². The van der Waals surface area contributed by atoms with Gasteiger partial charge in [0.05, 0.1) is 11.0 Å². The predicted molar refractivity (Wildman–Crippen MR) is 70.8 cm³/mol. The largest absolute Gasteiger partial charge is 0.353 e. The lowest BCUT2D eigenvalue weighted by molar-refractivity contribution is 0.580. The predicted octanol–water partition coefficient (Wildman–Crippen LogP) is 1.59. The first-order valence-electron chi connectivity index (χ1n) is 5.91. The van der Waals surface area contributed by atoms with Gasteiger partial charge in [0, 0.05) is 25.0 Å². The van der Waals surface area contributed by atoms with E-state index in [4.69, 9.17) is 0 Å². The Morgan fingerprint density at radius 2 is 2.00 bits per heavy atom. The minimum absolute atomic E-state index is 0.201. The van der Waals surface area contributed by atoms with Gasteiger partial charge in [-0.05, 0) is 39.4 Å². The second kappa shape index (κ2) is 5.69. The molecule has 1 rings (SSSR count). The highest BCUT2D eigenvalue weighted by Gasteiger charge is 2.15. The molecule has 1 heterocycles. The van der Waals surface area contributed by atoms with Crippen molar-refractivity contribution in [1.29, 1.82) is 0 Å². The van der Waals surface area contributed by atoms with Crippen molar-refractivity contribution in [2.24, 2.45) is 0 Å². The standard InChI is InChI=1S/C12H22N2O2S/c1-10(2)17(15,16)8-7-14-6-5-12(9-14)11(3)13-4/h5-6,9-11,13H,7-8H2,1-4H3. The maximum atomic E-state index is 11.7. The van der Waals surface area contributed by atoms with Crippen molar-refractivity contribution >= 4 is 9.84 Å². The summed E-state index contributed by atoms with van der Waals surface area (Å²) < 4.78 is 25.3. The van der Waals surface area contributed by atoms with Gasteiger partial charge in [-0.1, -0.05) is 0 Å². The molecular formula is C12H22N2O2S. The smallest absolute Gasteiger partial charge is 0.154 e. The van der Waals surface area contributed by atoms with Crippen LogP contribution >= 0.6 is 0 Å². The molecule has 1 unspecified atom stereocenters. The van der Waals surface area contributed by atoms with Crippen molar-refractivity contribution in [2.75, 3.05) is 12.8 Å². The Kier molecular flexibility index (Phi) is 4.77. The van der Waals surface area contributed by atoms with Crippen molar-refractivity contribution < 1.29 is 8.42 Å². The minimum Gasteiger partial charge on any atom is -0.353 e. The summed E-state index contributed by atoms with van der Waals surface area (Å²) >= 11 is 0. The second-order valence-electron chi connectivity index (χ2n) is 4.61. The molecule has 5 heteroatoms. The Balaban J connectivity index is 2.62. The summed E-state index contributed by atoms with van der Waals surface area (Å²) in [5.41, 5.74) is 1.18. The Bertz CT molecular complexity index is 449. The number of aryl methyl sites for hydroxylation is 1. The summed E-state index contributed by atoms with van der Waals surface area (Å²) in [5, 5.41) is 2.86. The molecule has 0 aliphatic carbocycles. The van der Waals surface area contributed by atoms with Crippen LogP contribution in [0.25, 0.3) is 0 Å². The third-order valence-corrected chi connectivity index (χ3v) is 5.25. The van der Waals surface area contributed by atoms with E-state index in [9.17, 15) is 8.42 Å². The summed E-state index contributed by atoms with van der Waals surface area (Å²) in [7, 11) is -1.04. The van der Waals surface area contributed by atoms with Crippen LogP contribution in [-0.2, 0) is 16.4 Å². The molecule has 0 aliphatic heterocycles. The lowest BCUT2D eigenvalue weighted by Gasteiger charge is -2.09. The summed E-state index contributed by atoms with van der Waals surface area (Å²) in [5.74, 6) is 0.201. The highest BCUT2D eigenvalue weighted by molar-refractivity contribution is 7.91. The zero-order chi connectivity index (χ0) is 13.1. The fourth-order valence-electron chi connectivity index (χ4n) is 1.49. The molecule has 0 fully saturated rings. The zero-order valence-electron chi connectivity index (χ0n) is 11.0. The van der Waals surface area contributed by atoms with E-state index in [1.807, 2.05) is 30.1 Å². The monoisotopic (exact) mass is 258 g/mol. The van der Waals surface area contributed by atoms with Gasteiger partial charge in [0.1, 0.15) is 0 Å². The number of aromatic nitrogens is 1. The molecule has 4 nitrogen and oxygen atoms in total. The fraction of sp³-hybridized carbons (Fsp3) is 0.667. The van der Waals surface area contributed by atoms with Crippen LogP contribution in [0.15, 0.2) is 18.5 Å². The van der Waals surface area contributed by atoms with E-state index < -0.39 is 9.84 Å².